The second-order valence-electron chi connectivity index (χ2n) is 21.0. The summed E-state index contributed by atoms with van der Waals surface area (Å²) in [5, 5.41) is 8.72. The van der Waals surface area contributed by atoms with Crippen molar-refractivity contribution in [3.05, 3.63) is 310 Å². The Morgan fingerprint density at radius 1 is 0.171 bits per heavy atom. The van der Waals surface area contributed by atoms with Gasteiger partial charge in [0, 0.05) is 34.5 Å². The van der Waals surface area contributed by atoms with Gasteiger partial charge in [0.25, 0.3) is 0 Å². The molecule has 3 aromatic heterocycles. The van der Waals surface area contributed by atoms with Crippen molar-refractivity contribution in [2.45, 2.75) is 0 Å². The predicted octanol–water partition coefficient (Wildman–Crippen LogP) is 21.2. The molecular formula is C79H51N3. The molecule has 0 aliphatic carbocycles. The van der Waals surface area contributed by atoms with E-state index in [1.807, 2.05) is 36.7 Å². The summed E-state index contributed by atoms with van der Waals surface area (Å²) < 4.78 is 0. The van der Waals surface area contributed by atoms with Crippen LogP contribution < -0.4 is 0 Å². The normalized spacial score (nSPS) is 11.4. The summed E-state index contributed by atoms with van der Waals surface area (Å²) in [5.41, 5.74) is 23.1. The quantitative estimate of drug-likeness (QED) is 0.128. The van der Waals surface area contributed by atoms with E-state index in [9.17, 15) is 0 Å². The van der Waals surface area contributed by atoms with Crippen LogP contribution in [0, 0.1) is 0 Å². The molecule has 0 N–H and O–H groups in total. The van der Waals surface area contributed by atoms with Gasteiger partial charge in [-0.2, -0.15) is 0 Å². The number of para-hydroxylation sites is 1. The Balaban J connectivity index is 0.838. The summed E-state index contributed by atoms with van der Waals surface area (Å²) >= 11 is 0. The molecule has 0 bridgehead atoms. The predicted molar refractivity (Wildman–Crippen MR) is 344 cm³/mol. The van der Waals surface area contributed by atoms with Crippen LogP contribution in [0.4, 0.5) is 0 Å². The largest absolute Gasteiger partial charge is 0.256 e. The van der Waals surface area contributed by atoms with Crippen LogP contribution in [0.2, 0.25) is 0 Å². The Labute approximate surface area is 476 Å². The van der Waals surface area contributed by atoms with E-state index >= 15 is 0 Å². The fourth-order valence-corrected chi connectivity index (χ4v) is 12.2. The highest BCUT2D eigenvalue weighted by atomic mass is 14.7. The Hall–Kier alpha value is -10.9. The number of pyridine rings is 3. The maximum atomic E-state index is 5.32. The lowest BCUT2D eigenvalue weighted by molar-refractivity contribution is 1.33. The topological polar surface area (TPSA) is 38.7 Å². The molecule has 0 spiro atoms. The van der Waals surface area contributed by atoms with E-state index in [0.717, 1.165) is 117 Å². The molecule has 3 nitrogen and oxygen atoms in total. The van der Waals surface area contributed by atoms with Crippen molar-refractivity contribution in [3.8, 4) is 112 Å². The molecule has 12 aromatic carbocycles. The number of hydrogen-bond donors (Lipinski definition) is 0. The molecule has 3 heterocycles. The molecule has 0 unspecified atom stereocenters. The maximum Gasteiger partial charge on any atom is 0.0715 e. The molecule has 0 aliphatic heterocycles. The third-order valence-electron chi connectivity index (χ3n) is 16.2. The van der Waals surface area contributed by atoms with Gasteiger partial charge in [0.1, 0.15) is 0 Å². The minimum atomic E-state index is 0.935. The first kappa shape index (κ1) is 48.3. The highest BCUT2D eigenvalue weighted by Gasteiger charge is 2.19. The Morgan fingerprint density at radius 3 is 0.902 bits per heavy atom. The van der Waals surface area contributed by atoms with Crippen LogP contribution >= 0.6 is 0 Å². The zero-order valence-corrected chi connectivity index (χ0v) is 44.8. The molecular weight excluding hydrogens is 991 g/mol. The molecule has 3 heteroatoms. The van der Waals surface area contributed by atoms with Crippen LogP contribution in [0.3, 0.4) is 0 Å². The number of hydrogen-bond acceptors (Lipinski definition) is 3. The van der Waals surface area contributed by atoms with Crippen molar-refractivity contribution in [1.82, 2.24) is 15.0 Å². The first-order valence-corrected chi connectivity index (χ1v) is 28.0. The van der Waals surface area contributed by atoms with Gasteiger partial charge in [-0.1, -0.05) is 237 Å². The van der Waals surface area contributed by atoms with Gasteiger partial charge in [0.05, 0.1) is 22.6 Å². The van der Waals surface area contributed by atoms with E-state index < -0.39 is 0 Å². The molecule has 0 saturated heterocycles. The third-order valence-corrected chi connectivity index (χ3v) is 16.2. The molecule has 15 aromatic rings. The third kappa shape index (κ3) is 8.88. The van der Waals surface area contributed by atoms with Gasteiger partial charge in [0.15, 0.2) is 0 Å². The molecule has 82 heavy (non-hydrogen) atoms. The lowest BCUT2D eigenvalue weighted by Crippen LogP contribution is -1.93. The monoisotopic (exact) mass is 1040 g/mol. The standard InChI is InChI=1S/C79H51N3/c1-4-20-65(62(17-1)52-31-37-55(38-32-52)76-28-13-15-45-80-76)59-47-60(66-21-5-2-18-63(66)53-33-39-56(40-34-53)77-29-14-16-46-81-77)49-61(48-59)67-22-6-3-19-64(67)54-35-41-57(42-36-54)79-51-74(73-27-11-12-30-78(73)82-79)58-43-44-72-70-25-8-7-23-68(70)69-24-9-10-26-71(69)75(72)50-58/h1-51H. The van der Waals surface area contributed by atoms with E-state index in [1.54, 1.807) is 0 Å². The summed E-state index contributed by atoms with van der Waals surface area (Å²) in [7, 11) is 0. The van der Waals surface area contributed by atoms with Gasteiger partial charge in [-0.05, 0) is 171 Å². The molecule has 382 valence electrons. The Kier molecular flexibility index (Phi) is 12.2. The zero-order chi connectivity index (χ0) is 54.3. The molecule has 0 saturated carbocycles. The molecule has 0 fully saturated rings. The highest BCUT2D eigenvalue weighted by Crippen LogP contribution is 2.44. The summed E-state index contributed by atoms with van der Waals surface area (Å²) in [6.45, 7) is 0. The number of rotatable bonds is 10. The lowest BCUT2D eigenvalue weighted by Gasteiger charge is -2.18. The van der Waals surface area contributed by atoms with Crippen LogP contribution in [-0.4, -0.2) is 15.0 Å². The molecule has 0 atom stereocenters. The average Bonchev–Trinajstić information content (AvgIpc) is 3.74. The van der Waals surface area contributed by atoms with Crippen molar-refractivity contribution < 1.29 is 0 Å². The second kappa shape index (κ2) is 20.7. The van der Waals surface area contributed by atoms with Crippen LogP contribution in [0.15, 0.2) is 310 Å². The number of fused-ring (bicyclic) bond motifs is 7. The maximum absolute atomic E-state index is 5.32. The van der Waals surface area contributed by atoms with Crippen molar-refractivity contribution in [2.75, 3.05) is 0 Å². The van der Waals surface area contributed by atoms with Gasteiger partial charge in [-0.25, -0.2) is 4.98 Å². The summed E-state index contributed by atoms with van der Waals surface area (Å²) in [4.78, 5) is 14.6. The summed E-state index contributed by atoms with van der Waals surface area (Å²) in [6.07, 6.45) is 3.69. The van der Waals surface area contributed by atoms with Crippen LogP contribution in [0.25, 0.3) is 155 Å². The van der Waals surface area contributed by atoms with E-state index in [0.29, 0.717) is 0 Å². The van der Waals surface area contributed by atoms with E-state index in [2.05, 4.69) is 283 Å². The molecule has 0 aliphatic rings. The minimum absolute atomic E-state index is 0.935. The number of aromatic nitrogens is 3. The van der Waals surface area contributed by atoms with Crippen LogP contribution in [0.5, 0.6) is 0 Å². The van der Waals surface area contributed by atoms with E-state index in [1.165, 1.54) is 37.9 Å². The highest BCUT2D eigenvalue weighted by molar-refractivity contribution is 6.26. The van der Waals surface area contributed by atoms with Crippen molar-refractivity contribution >= 4 is 43.2 Å². The second-order valence-corrected chi connectivity index (χ2v) is 21.0. The van der Waals surface area contributed by atoms with Crippen LogP contribution in [-0.2, 0) is 0 Å². The van der Waals surface area contributed by atoms with E-state index in [4.69, 9.17) is 4.98 Å². The van der Waals surface area contributed by atoms with Gasteiger partial charge < -0.3 is 0 Å². The Morgan fingerprint density at radius 2 is 0.488 bits per heavy atom. The number of nitrogens with zero attached hydrogens (tertiary/aromatic N) is 3. The van der Waals surface area contributed by atoms with Crippen LogP contribution in [0.1, 0.15) is 0 Å². The van der Waals surface area contributed by atoms with Gasteiger partial charge in [-0.3, -0.25) is 9.97 Å². The average molecular weight is 1040 g/mol. The van der Waals surface area contributed by atoms with Crippen molar-refractivity contribution in [3.63, 3.8) is 0 Å². The molecule has 15 rings (SSSR count). The van der Waals surface area contributed by atoms with Crippen molar-refractivity contribution in [1.29, 1.82) is 0 Å². The first-order chi connectivity index (χ1) is 40.6. The zero-order valence-electron chi connectivity index (χ0n) is 44.8. The van der Waals surface area contributed by atoms with Crippen molar-refractivity contribution in [2.24, 2.45) is 0 Å². The first-order valence-electron chi connectivity index (χ1n) is 28.0. The summed E-state index contributed by atoms with van der Waals surface area (Å²) in [6, 6.07) is 108. The SMILES string of the molecule is c1ccc(-c2ccc(-c3ccccc3-c3cc(-c4ccccc4-c4ccc(-c5ccccn5)cc4)cc(-c4ccccc4-c4ccc(-c5cc(-c6ccc7c8ccccc8c8ccccc8c7c6)c6ccccc6n5)cc4)c3)cc2)nc1. The molecule has 0 radical (unpaired) electrons. The fourth-order valence-electron chi connectivity index (χ4n) is 12.2. The Bertz CT molecular complexity index is 4700. The number of benzene rings is 12. The van der Waals surface area contributed by atoms with Gasteiger partial charge in [-0.15, -0.1) is 0 Å². The minimum Gasteiger partial charge on any atom is -0.256 e. The lowest BCUT2D eigenvalue weighted by atomic mass is 9.86. The summed E-state index contributed by atoms with van der Waals surface area (Å²) in [5.74, 6) is 0. The smallest absolute Gasteiger partial charge is 0.0715 e. The molecule has 0 amide bonds. The van der Waals surface area contributed by atoms with E-state index in [-0.39, 0.29) is 0 Å². The van der Waals surface area contributed by atoms with Gasteiger partial charge >= 0.3 is 0 Å². The fraction of sp³-hybridized carbons (Fsp3) is 0. The van der Waals surface area contributed by atoms with Gasteiger partial charge in [0.2, 0.25) is 0 Å².